The number of hydrogen-bond donors (Lipinski definition) is 1. The van der Waals surface area contributed by atoms with E-state index in [1.165, 1.54) is 16.2 Å². The molecule has 0 aliphatic carbocycles. The predicted octanol–water partition coefficient (Wildman–Crippen LogP) is 0.837. The van der Waals surface area contributed by atoms with Gasteiger partial charge in [-0.15, -0.1) is 11.3 Å². The summed E-state index contributed by atoms with van der Waals surface area (Å²) in [6, 6.07) is 3.49. The second-order valence-corrected chi connectivity index (χ2v) is 4.85. The second-order valence-electron chi connectivity index (χ2n) is 3.90. The van der Waals surface area contributed by atoms with E-state index in [-0.39, 0.29) is 12.5 Å². The SMILES string of the molecule is CN(C)CCN(CC(=O)O)C(=O)c1cccs1. The first-order chi connectivity index (χ1) is 8.00. The molecule has 94 valence electrons. The fourth-order valence-corrected chi connectivity index (χ4v) is 1.98. The zero-order valence-corrected chi connectivity index (χ0v) is 10.7. The molecule has 5 nitrogen and oxygen atoms in total. The van der Waals surface area contributed by atoms with Crippen LogP contribution in [-0.2, 0) is 4.79 Å². The average molecular weight is 256 g/mol. The van der Waals surface area contributed by atoms with E-state index in [0.29, 0.717) is 18.0 Å². The number of hydrogen-bond acceptors (Lipinski definition) is 4. The van der Waals surface area contributed by atoms with Gasteiger partial charge in [0.2, 0.25) is 0 Å². The van der Waals surface area contributed by atoms with E-state index in [0.717, 1.165) is 0 Å². The molecule has 0 aliphatic heterocycles. The minimum absolute atomic E-state index is 0.218. The van der Waals surface area contributed by atoms with Crippen molar-refractivity contribution in [3.63, 3.8) is 0 Å². The van der Waals surface area contributed by atoms with Gasteiger partial charge in [0.1, 0.15) is 6.54 Å². The fourth-order valence-electron chi connectivity index (χ4n) is 1.29. The van der Waals surface area contributed by atoms with Crippen LogP contribution in [0.2, 0.25) is 0 Å². The van der Waals surface area contributed by atoms with Crippen molar-refractivity contribution in [1.29, 1.82) is 0 Å². The van der Waals surface area contributed by atoms with E-state index in [4.69, 9.17) is 5.11 Å². The molecule has 0 radical (unpaired) electrons. The number of likely N-dealkylation sites (N-methyl/N-ethyl adjacent to an activating group) is 1. The molecule has 1 rings (SSSR count). The van der Waals surface area contributed by atoms with E-state index in [1.807, 2.05) is 19.0 Å². The lowest BCUT2D eigenvalue weighted by atomic mass is 10.3. The molecule has 0 aliphatic rings. The van der Waals surface area contributed by atoms with Crippen molar-refractivity contribution in [3.8, 4) is 0 Å². The van der Waals surface area contributed by atoms with E-state index < -0.39 is 5.97 Å². The van der Waals surface area contributed by atoms with E-state index in [9.17, 15) is 9.59 Å². The van der Waals surface area contributed by atoms with E-state index >= 15 is 0 Å². The van der Waals surface area contributed by atoms with Crippen molar-refractivity contribution < 1.29 is 14.7 Å². The van der Waals surface area contributed by atoms with Gasteiger partial charge in [-0.25, -0.2) is 0 Å². The largest absolute Gasteiger partial charge is 0.480 e. The number of aliphatic carboxylic acids is 1. The van der Waals surface area contributed by atoms with Crippen LogP contribution in [0.5, 0.6) is 0 Å². The lowest BCUT2D eigenvalue weighted by Gasteiger charge is -2.22. The van der Waals surface area contributed by atoms with Gasteiger partial charge < -0.3 is 14.9 Å². The summed E-state index contributed by atoms with van der Waals surface area (Å²) in [5.41, 5.74) is 0. The molecule has 1 N–H and O–H groups in total. The standard InChI is InChI=1S/C11H16N2O3S/c1-12(2)5-6-13(8-10(14)15)11(16)9-4-3-7-17-9/h3-4,7H,5-6,8H2,1-2H3,(H,14,15). The van der Waals surface area contributed by atoms with E-state index in [1.54, 1.807) is 17.5 Å². The topological polar surface area (TPSA) is 60.9 Å². The summed E-state index contributed by atoms with van der Waals surface area (Å²) in [4.78, 5) is 26.6. The van der Waals surface area contributed by atoms with Crippen LogP contribution in [0.3, 0.4) is 0 Å². The molecular formula is C11H16N2O3S. The lowest BCUT2D eigenvalue weighted by Crippen LogP contribution is -2.39. The molecule has 0 bridgehead atoms. The Balaban J connectivity index is 2.68. The van der Waals surface area contributed by atoms with Crippen LogP contribution in [0.25, 0.3) is 0 Å². The Hall–Kier alpha value is -1.40. The van der Waals surface area contributed by atoms with Crippen molar-refractivity contribution in [1.82, 2.24) is 9.80 Å². The highest BCUT2D eigenvalue weighted by molar-refractivity contribution is 7.12. The first-order valence-corrected chi connectivity index (χ1v) is 6.08. The molecule has 1 amide bonds. The van der Waals surface area contributed by atoms with Crippen molar-refractivity contribution in [2.75, 3.05) is 33.7 Å². The molecule has 0 fully saturated rings. The second kappa shape index (κ2) is 6.36. The van der Waals surface area contributed by atoms with Crippen LogP contribution in [-0.4, -0.2) is 60.5 Å². The fraction of sp³-hybridized carbons (Fsp3) is 0.455. The third-order valence-corrected chi connectivity index (χ3v) is 3.02. The van der Waals surface area contributed by atoms with Gasteiger partial charge in [0.25, 0.3) is 5.91 Å². The van der Waals surface area contributed by atoms with Crippen molar-refractivity contribution in [2.45, 2.75) is 0 Å². The molecule has 1 aromatic heterocycles. The molecule has 1 heterocycles. The maximum Gasteiger partial charge on any atom is 0.323 e. The highest BCUT2D eigenvalue weighted by Crippen LogP contribution is 2.11. The van der Waals surface area contributed by atoms with Crippen LogP contribution in [0.15, 0.2) is 17.5 Å². The molecule has 0 atom stereocenters. The zero-order chi connectivity index (χ0) is 12.8. The monoisotopic (exact) mass is 256 g/mol. The Kier molecular flexibility index (Phi) is 5.11. The van der Waals surface area contributed by atoms with Gasteiger partial charge in [0, 0.05) is 13.1 Å². The van der Waals surface area contributed by atoms with Gasteiger partial charge in [0.05, 0.1) is 4.88 Å². The minimum Gasteiger partial charge on any atom is -0.480 e. The molecule has 1 aromatic rings. The molecule has 17 heavy (non-hydrogen) atoms. The highest BCUT2D eigenvalue weighted by atomic mass is 32.1. The van der Waals surface area contributed by atoms with Gasteiger partial charge in [-0.3, -0.25) is 9.59 Å². The van der Waals surface area contributed by atoms with Gasteiger partial charge >= 0.3 is 5.97 Å². The van der Waals surface area contributed by atoms with Crippen LogP contribution >= 0.6 is 11.3 Å². The smallest absolute Gasteiger partial charge is 0.323 e. The lowest BCUT2D eigenvalue weighted by molar-refractivity contribution is -0.137. The van der Waals surface area contributed by atoms with Crippen molar-refractivity contribution in [2.24, 2.45) is 0 Å². The number of carbonyl (C=O) groups is 2. The molecule has 0 saturated heterocycles. The summed E-state index contributed by atoms with van der Waals surface area (Å²) in [5.74, 6) is -1.21. The van der Waals surface area contributed by atoms with Crippen LogP contribution in [0, 0.1) is 0 Å². The first kappa shape index (κ1) is 13.7. The molecular weight excluding hydrogens is 240 g/mol. The summed E-state index contributed by atoms with van der Waals surface area (Å²) in [6.07, 6.45) is 0. The number of carboxylic acid groups (broad SMARTS) is 1. The Morgan fingerprint density at radius 3 is 2.53 bits per heavy atom. The minimum atomic E-state index is -0.992. The van der Waals surface area contributed by atoms with Crippen LogP contribution < -0.4 is 0 Å². The summed E-state index contributed by atoms with van der Waals surface area (Å²) in [5, 5.41) is 10.6. The van der Waals surface area contributed by atoms with Gasteiger partial charge in [-0.05, 0) is 25.5 Å². The molecule has 0 spiro atoms. The van der Waals surface area contributed by atoms with Crippen LogP contribution in [0.4, 0.5) is 0 Å². The maximum atomic E-state index is 12.0. The number of carboxylic acids is 1. The van der Waals surface area contributed by atoms with Crippen molar-refractivity contribution in [3.05, 3.63) is 22.4 Å². The number of amides is 1. The predicted molar refractivity (Wildman–Crippen MR) is 66.4 cm³/mol. The normalized spacial score (nSPS) is 10.5. The summed E-state index contributed by atoms with van der Waals surface area (Å²) in [6.45, 7) is 0.797. The quantitative estimate of drug-likeness (QED) is 0.819. The van der Waals surface area contributed by atoms with Crippen LogP contribution in [0.1, 0.15) is 9.67 Å². The van der Waals surface area contributed by atoms with Gasteiger partial charge in [-0.2, -0.15) is 0 Å². The molecule has 0 unspecified atom stereocenters. The molecule has 0 aromatic carbocycles. The van der Waals surface area contributed by atoms with Gasteiger partial charge in [0.15, 0.2) is 0 Å². The zero-order valence-electron chi connectivity index (χ0n) is 9.92. The Bertz CT molecular complexity index is 376. The van der Waals surface area contributed by atoms with Crippen molar-refractivity contribution >= 4 is 23.2 Å². The molecule has 6 heteroatoms. The number of nitrogens with zero attached hydrogens (tertiary/aromatic N) is 2. The summed E-state index contributed by atoms with van der Waals surface area (Å²) in [7, 11) is 3.77. The highest BCUT2D eigenvalue weighted by Gasteiger charge is 2.19. The number of thiophene rings is 1. The third-order valence-electron chi connectivity index (χ3n) is 2.16. The van der Waals surface area contributed by atoms with Gasteiger partial charge in [-0.1, -0.05) is 6.07 Å². The number of carbonyl (C=O) groups excluding carboxylic acids is 1. The Morgan fingerprint density at radius 1 is 1.35 bits per heavy atom. The maximum absolute atomic E-state index is 12.0. The average Bonchev–Trinajstić information content (AvgIpc) is 2.75. The number of rotatable bonds is 6. The van der Waals surface area contributed by atoms with E-state index in [2.05, 4.69) is 0 Å². The third kappa shape index (κ3) is 4.54. The molecule has 0 saturated carbocycles. The summed E-state index contributed by atoms with van der Waals surface area (Å²) >= 11 is 1.32. The Morgan fingerprint density at radius 2 is 2.06 bits per heavy atom. The Labute approximate surface area is 104 Å². The first-order valence-electron chi connectivity index (χ1n) is 5.20. The summed E-state index contributed by atoms with van der Waals surface area (Å²) < 4.78 is 0.